The van der Waals surface area contributed by atoms with E-state index in [1.165, 1.54) is 0 Å². The van der Waals surface area contributed by atoms with Gasteiger partial charge in [-0.3, -0.25) is 14.5 Å². The van der Waals surface area contributed by atoms with Gasteiger partial charge < -0.3 is 14.5 Å². The fraction of sp³-hybridized carbons (Fsp3) is 0.444. The van der Waals surface area contributed by atoms with E-state index < -0.39 is 5.60 Å². The van der Waals surface area contributed by atoms with Crippen LogP contribution in [0.2, 0.25) is 0 Å². The van der Waals surface area contributed by atoms with E-state index >= 15 is 0 Å². The van der Waals surface area contributed by atoms with E-state index in [0.717, 1.165) is 36.9 Å². The number of carbonyl (C=O) groups excluding carboxylic acids is 3. The van der Waals surface area contributed by atoms with Crippen molar-refractivity contribution in [3.63, 3.8) is 0 Å². The van der Waals surface area contributed by atoms with Crippen LogP contribution in [-0.4, -0.2) is 64.4 Å². The normalized spacial score (nSPS) is 22.9. The first-order chi connectivity index (χ1) is 16.5. The Bertz CT molecular complexity index is 1070. The molecule has 0 N–H and O–H groups in total. The Morgan fingerprint density at radius 2 is 1.65 bits per heavy atom. The van der Waals surface area contributed by atoms with E-state index in [0.29, 0.717) is 51.1 Å². The minimum Gasteiger partial charge on any atom is -0.441 e. The van der Waals surface area contributed by atoms with Gasteiger partial charge in [0.2, 0.25) is 5.91 Å². The Kier molecular flexibility index (Phi) is 6.26. The van der Waals surface area contributed by atoms with Gasteiger partial charge in [-0.25, -0.2) is 4.79 Å². The van der Waals surface area contributed by atoms with Crippen LogP contribution in [0, 0.1) is 0 Å². The zero-order chi connectivity index (χ0) is 23.5. The summed E-state index contributed by atoms with van der Waals surface area (Å²) in [5, 5.41) is 0. The molecule has 0 bridgehead atoms. The van der Waals surface area contributed by atoms with Crippen LogP contribution in [0.4, 0.5) is 4.79 Å². The monoisotopic (exact) mass is 461 g/mol. The highest BCUT2D eigenvalue weighted by Crippen LogP contribution is 2.34. The molecule has 34 heavy (non-hydrogen) atoms. The van der Waals surface area contributed by atoms with Gasteiger partial charge in [0.25, 0.3) is 5.91 Å². The van der Waals surface area contributed by atoms with Gasteiger partial charge in [-0.05, 0) is 42.5 Å². The van der Waals surface area contributed by atoms with Gasteiger partial charge in [0.1, 0.15) is 5.60 Å². The predicted octanol–water partition coefficient (Wildman–Crippen LogP) is 3.83. The third-order valence-corrected chi connectivity index (χ3v) is 7.16. The zero-order valence-electron chi connectivity index (χ0n) is 19.4. The summed E-state index contributed by atoms with van der Waals surface area (Å²) >= 11 is 0. The van der Waals surface area contributed by atoms with Crippen LogP contribution < -0.4 is 0 Å². The Hall–Kier alpha value is -3.35. The maximum absolute atomic E-state index is 13.3. The van der Waals surface area contributed by atoms with Crippen LogP contribution in [0.5, 0.6) is 0 Å². The number of benzene rings is 2. The van der Waals surface area contributed by atoms with E-state index in [9.17, 15) is 14.4 Å². The summed E-state index contributed by atoms with van der Waals surface area (Å²) in [5.41, 5.74) is 2.18. The van der Waals surface area contributed by atoms with E-state index in [4.69, 9.17) is 4.74 Å². The summed E-state index contributed by atoms with van der Waals surface area (Å²) in [4.78, 5) is 43.4. The van der Waals surface area contributed by atoms with Crippen molar-refractivity contribution in [2.45, 2.75) is 50.8 Å². The highest BCUT2D eigenvalue weighted by molar-refractivity contribution is 5.94. The first kappa shape index (κ1) is 22.4. The quantitative estimate of drug-likeness (QED) is 0.679. The molecule has 0 aliphatic carbocycles. The van der Waals surface area contributed by atoms with Crippen LogP contribution in [-0.2, 0) is 22.6 Å². The summed E-state index contributed by atoms with van der Waals surface area (Å²) < 4.78 is 5.90. The lowest BCUT2D eigenvalue weighted by molar-refractivity contribution is -0.128. The molecule has 3 aliphatic heterocycles. The second-order valence-electron chi connectivity index (χ2n) is 9.66. The Morgan fingerprint density at radius 3 is 2.44 bits per heavy atom. The number of carbonyl (C=O) groups is 3. The number of hydrogen-bond donors (Lipinski definition) is 0. The van der Waals surface area contributed by atoms with Gasteiger partial charge in [-0.1, -0.05) is 42.5 Å². The zero-order valence-corrected chi connectivity index (χ0v) is 19.4. The molecule has 5 rings (SSSR count). The predicted molar refractivity (Wildman–Crippen MR) is 127 cm³/mol. The van der Waals surface area contributed by atoms with Crippen molar-refractivity contribution >= 4 is 17.9 Å². The third kappa shape index (κ3) is 4.79. The van der Waals surface area contributed by atoms with Crippen molar-refractivity contribution in [1.29, 1.82) is 0 Å². The average molecular weight is 462 g/mol. The smallest absolute Gasteiger partial charge is 0.410 e. The number of rotatable bonds is 5. The Balaban J connectivity index is 1.22. The van der Waals surface area contributed by atoms with Crippen molar-refractivity contribution < 1.29 is 19.1 Å². The van der Waals surface area contributed by atoms with Crippen molar-refractivity contribution in [3.05, 3.63) is 71.3 Å². The van der Waals surface area contributed by atoms with Crippen molar-refractivity contribution in [3.8, 4) is 0 Å². The fourth-order valence-corrected chi connectivity index (χ4v) is 5.33. The van der Waals surface area contributed by atoms with Crippen LogP contribution in [0.3, 0.4) is 0 Å². The van der Waals surface area contributed by atoms with Gasteiger partial charge in [0.15, 0.2) is 0 Å². The standard InChI is InChI=1S/C27H31N3O4/c31-24-11-5-14-29(24)19-22-9-4-10-23(17-22)25(32)28-15-6-12-27(13-16-28)20-30(26(33)34-27)18-21-7-2-1-3-8-21/h1-4,7-10,17H,5-6,11-16,18-20H2/t27-/m0/s1. The highest BCUT2D eigenvalue weighted by Gasteiger charge is 2.46. The molecular weight excluding hydrogens is 430 g/mol. The molecule has 0 radical (unpaired) electrons. The van der Waals surface area contributed by atoms with E-state index in [-0.39, 0.29) is 17.9 Å². The molecule has 0 aromatic heterocycles. The van der Waals surface area contributed by atoms with Gasteiger partial charge in [-0.2, -0.15) is 0 Å². The molecular formula is C27H31N3O4. The topological polar surface area (TPSA) is 70.2 Å². The number of amides is 3. The molecule has 7 nitrogen and oxygen atoms in total. The van der Waals surface area contributed by atoms with Crippen molar-refractivity contribution in [1.82, 2.24) is 14.7 Å². The SMILES string of the molecule is O=C1CCCN1Cc1cccc(C(=O)N2CCC[C@]3(CC2)CN(Cc2ccccc2)C(=O)O3)c1. The van der Waals surface area contributed by atoms with Gasteiger partial charge in [-0.15, -0.1) is 0 Å². The minimum absolute atomic E-state index is 0.00267. The number of likely N-dealkylation sites (tertiary alicyclic amines) is 2. The lowest BCUT2D eigenvalue weighted by Crippen LogP contribution is -2.37. The molecule has 7 heteroatoms. The molecule has 3 aliphatic rings. The van der Waals surface area contributed by atoms with Crippen LogP contribution >= 0.6 is 0 Å². The molecule has 1 atom stereocenters. The van der Waals surface area contributed by atoms with E-state index in [1.54, 1.807) is 4.90 Å². The fourth-order valence-electron chi connectivity index (χ4n) is 5.33. The molecule has 2 aromatic carbocycles. The molecule has 0 saturated carbocycles. The van der Waals surface area contributed by atoms with Gasteiger partial charge in [0.05, 0.1) is 6.54 Å². The summed E-state index contributed by atoms with van der Waals surface area (Å²) in [6, 6.07) is 17.5. The highest BCUT2D eigenvalue weighted by atomic mass is 16.6. The minimum atomic E-state index is -0.529. The lowest BCUT2D eigenvalue weighted by Gasteiger charge is -2.26. The molecule has 0 unspecified atom stereocenters. The van der Waals surface area contributed by atoms with Crippen LogP contribution in [0.25, 0.3) is 0 Å². The summed E-state index contributed by atoms with van der Waals surface area (Å²) in [6.45, 7) is 3.63. The van der Waals surface area contributed by atoms with Crippen molar-refractivity contribution in [2.75, 3.05) is 26.2 Å². The summed E-state index contributed by atoms with van der Waals surface area (Å²) in [5.74, 6) is 0.180. The number of nitrogens with zero attached hydrogens (tertiary/aromatic N) is 3. The van der Waals surface area contributed by atoms with E-state index in [1.807, 2.05) is 64.4 Å². The van der Waals surface area contributed by atoms with E-state index in [2.05, 4.69) is 0 Å². The first-order valence-corrected chi connectivity index (χ1v) is 12.2. The average Bonchev–Trinajstić information content (AvgIpc) is 3.30. The molecule has 3 amide bonds. The molecule has 178 valence electrons. The van der Waals surface area contributed by atoms with Gasteiger partial charge >= 0.3 is 6.09 Å². The number of hydrogen-bond acceptors (Lipinski definition) is 4. The molecule has 3 saturated heterocycles. The summed E-state index contributed by atoms with van der Waals surface area (Å²) in [6.07, 6.45) is 3.43. The summed E-state index contributed by atoms with van der Waals surface area (Å²) in [7, 11) is 0. The maximum atomic E-state index is 13.3. The van der Waals surface area contributed by atoms with Crippen molar-refractivity contribution in [2.24, 2.45) is 0 Å². The van der Waals surface area contributed by atoms with Gasteiger partial charge in [0, 0.05) is 51.1 Å². The van der Waals surface area contributed by atoms with Crippen LogP contribution in [0.1, 0.15) is 53.6 Å². The van der Waals surface area contributed by atoms with Crippen LogP contribution in [0.15, 0.2) is 54.6 Å². The molecule has 3 heterocycles. The third-order valence-electron chi connectivity index (χ3n) is 7.16. The molecule has 2 aromatic rings. The lowest BCUT2D eigenvalue weighted by atomic mass is 9.95. The second-order valence-corrected chi connectivity index (χ2v) is 9.66. The molecule has 1 spiro atoms. The maximum Gasteiger partial charge on any atom is 0.410 e. The Morgan fingerprint density at radius 1 is 0.853 bits per heavy atom. The largest absolute Gasteiger partial charge is 0.441 e. The first-order valence-electron chi connectivity index (χ1n) is 12.2. The second kappa shape index (κ2) is 9.49. The Labute approximate surface area is 200 Å². The molecule has 3 fully saturated rings. The number of ether oxygens (including phenoxy) is 1.